The summed E-state index contributed by atoms with van der Waals surface area (Å²) in [6, 6.07) is 7.29. The van der Waals surface area contributed by atoms with Crippen molar-refractivity contribution in [2.45, 2.75) is 13.5 Å². The minimum absolute atomic E-state index is 0.520. The summed E-state index contributed by atoms with van der Waals surface area (Å²) in [4.78, 5) is 8.39. The number of nitrogens with two attached hydrogens (primary N) is 1. The monoisotopic (exact) mass is 239 g/mol. The Bertz CT molecular complexity index is 583. The molecule has 18 heavy (non-hydrogen) atoms. The van der Waals surface area contributed by atoms with Gasteiger partial charge >= 0.3 is 0 Å². The van der Waals surface area contributed by atoms with E-state index in [-0.39, 0.29) is 0 Å². The van der Waals surface area contributed by atoms with Crippen molar-refractivity contribution in [3.8, 4) is 6.07 Å². The number of anilines is 2. The molecule has 0 aliphatic heterocycles. The number of hydrogen-bond donors (Lipinski definition) is 2. The SMILES string of the molecule is Cc1cnc(CNc2ccc(N)cc2C#N)cn1. The summed E-state index contributed by atoms with van der Waals surface area (Å²) in [6.07, 6.45) is 3.43. The minimum Gasteiger partial charge on any atom is -0.399 e. The Hall–Kier alpha value is -2.61. The number of nitrogen functional groups attached to an aromatic ring is 1. The molecule has 0 spiro atoms. The first kappa shape index (κ1) is 11.9. The van der Waals surface area contributed by atoms with Gasteiger partial charge in [0.15, 0.2) is 0 Å². The second-order valence-corrected chi connectivity index (χ2v) is 3.92. The van der Waals surface area contributed by atoms with E-state index in [4.69, 9.17) is 11.0 Å². The van der Waals surface area contributed by atoms with E-state index in [0.717, 1.165) is 17.1 Å². The largest absolute Gasteiger partial charge is 0.399 e. The molecule has 0 unspecified atom stereocenters. The van der Waals surface area contributed by atoms with Gasteiger partial charge in [-0.2, -0.15) is 5.26 Å². The van der Waals surface area contributed by atoms with Crippen LogP contribution >= 0.6 is 0 Å². The summed E-state index contributed by atoms with van der Waals surface area (Å²) in [5, 5.41) is 12.1. The Balaban J connectivity index is 2.11. The number of nitrogens with one attached hydrogen (secondary N) is 1. The van der Waals surface area contributed by atoms with E-state index in [1.807, 2.05) is 6.92 Å². The van der Waals surface area contributed by atoms with Crippen LogP contribution in [0.15, 0.2) is 30.6 Å². The molecule has 90 valence electrons. The normalized spacial score (nSPS) is 9.78. The quantitative estimate of drug-likeness (QED) is 0.798. The molecule has 2 aromatic rings. The predicted octanol–water partition coefficient (Wildman–Crippen LogP) is 1.85. The average molecular weight is 239 g/mol. The molecule has 5 nitrogen and oxygen atoms in total. The maximum Gasteiger partial charge on any atom is 0.101 e. The fourth-order valence-electron chi connectivity index (χ4n) is 1.50. The highest BCUT2D eigenvalue weighted by atomic mass is 14.9. The van der Waals surface area contributed by atoms with E-state index < -0.39 is 0 Å². The molecule has 1 aromatic heterocycles. The van der Waals surface area contributed by atoms with Gasteiger partial charge in [0.05, 0.1) is 35.4 Å². The summed E-state index contributed by atoms with van der Waals surface area (Å²) >= 11 is 0. The Labute approximate surface area is 105 Å². The molecule has 0 aliphatic carbocycles. The highest BCUT2D eigenvalue weighted by Crippen LogP contribution is 2.18. The highest BCUT2D eigenvalue weighted by Gasteiger charge is 2.02. The van der Waals surface area contributed by atoms with Crippen LogP contribution < -0.4 is 11.1 Å². The number of rotatable bonds is 3. The van der Waals surface area contributed by atoms with Crippen molar-refractivity contribution in [2.75, 3.05) is 11.1 Å². The first-order valence-corrected chi connectivity index (χ1v) is 5.50. The van der Waals surface area contributed by atoms with Crippen LogP contribution in [0.1, 0.15) is 17.0 Å². The van der Waals surface area contributed by atoms with Crippen LogP contribution in [0.25, 0.3) is 0 Å². The van der Waals surface area contributed by atoms with Gasteiger partial charge in [-0.3, -0.25) is 9.97 Å². The third-order valence-corrected chi connectivity index (χ3v) is 2.46. The summed E-state index contributed by atoms with van der Waals surface area (Å²) in [5.41, 5.74) is 9.17. The molecule has 0 saturated carbocycles. The third-order valence-electron chi connectivity index (χ3n) is 2.46. The van der Waals surface area contributed by atoms with Crippen LogP contribution in [0.3, 0.4) is 0 Å². The lowest BCUT2D eigenvalue weighted by Gasteiger charge is -2.08. The number of aryl methyl sites for hydroxylation is 1. The molecule has 0 saturated heterocycles. The molecule has 1 aromatic carbocycles. The van der Waals surface area contributed by atoms with E-state index in [1.54, 1.807) is 30.6 Å². The molecule has 0 fully saturated rings. The predicted molar refractivity (Wildman–Crippen MR) is 69.7 cm³/mol. The van der Waals surface area contributed by atoms with Crippen LogP contribution in [0.4, 0.5) is 11.4 Å². The third kappa shape index (κ3) is 2.74. The van der Waals surface area contributed by atoms with Gasteiger partial charge < -0.3 is 11.1 Å². The van der Waals surface area contributed by atoms with Gasteiger partial charge in [0.25, 0.3) is 0 Å². The molecule has 3 N–H and O–H groups in total. The topological polar surface area (TPSA) is 87.6 Å². The molecule has 0 amide bonds. The van der Waals surface area contributed by atoms with Gasteiger partial charge in [0, 0.05) is 11.9 Å². The summed E-state index contributed by atoms with van der Waals surface area (Å²) in [7, 11) is 0. The number of nitrogens with zero attached hydrogens (tertiary/aromatic N) is 3. The zero-order chi connectivity index (χ0) is 13.0. The maximum atomic E-state index is 9.00. The second-order valence-electron chi connectivity index (χ2n) is 3.92. The van der Waals surface area contributed by atoms with Crippen molar-refractivity contribution in [1.29, 1.82) is 5.26 Å². The van der Waals surface area contributed by atoms with Gasteiger partial charge in [-0.15, -0.1) is 0 Å². The molecule has 5 heteroatoms. The van der Waals surface area contributed by atoms with Crippen molar-refractivity contribution in [2.24, 2.45) is 0 Å². The fourth-order valence-corrected chi connectivity index (χ4v) is 1.50. The van der Waals surface area contributed by atoms with Crippen molar-refractivity contribution < 1.29 is 0 Å². The van der Waals surface area contributed by atoms with E-state index in [2.05, 4.69) is 21.4 Å². The zero-order valence-electron chi connectivity index (χ0n) is 10.0. The van der Waals surface area contributed by atoms with Gasteiger partial charge in [0.1, 0.15) is 6.07 Å². The number of hydrogen-bond acceptors (Lipinski definition) is 5. The van der Waals surface area contributed by atoms with E-state index in [0.29, 0.717) is 17.8 Å². The van der Waals surface area contributed by atoms with Crippen molar-refractivity contribution in [1.82, 2.24) is 9.97 Å². The van der Waals surface area contributed by atoms with E-state index in [1.165, 1.54) is 0 Å². The first-order chi connectivity index (χ1) is 8.69. The molecule has 0 radical (unpaired) electrons. The minimum atomic E-state index is 0.520. The fraction of sp³-hybridized carbons (Fsp3) is 0.154. The van der Waals surface area contributed by atoms with Crippen molar-refractivity contribution >= 4 is 11.4 Å². The second kappa shape index (κ2) is 5.15. The lowest BCUT2D eigenvalue weighted by molar-refractivity contribution is 0.984. The number of benzene rings is 1. The van der Waals surface area contributed by atoms with E-state index in [9.17, 15) is 0 Å². The number of nitriles is 1. The molecule has 1 heterocycles. The molecule has 2 rings (SSSR count). The standard InChI is InChI=1S/C13H13N5/c1-9-6-17-12(7-16-9)8-18-13-3-2-11(15)4-10(13)5-14/h2-4,6-7,18H,8,15H2,1H3. The summed E-state index contributed by atoms with van der Waals surface area (Å²) in [5.74, 6) is 0. The van der Waals surface area contributed by atoms with E-state index >= 15 is 0 Å². The molecular formula is C13H13N5. The first-order valence-electron chi connectivity index (χ1n) is 5.50. The number of aromatic nitrogens is 2. The Kier molecular flexibility index (Phi) is 3.39. The van der Waals surface area contributed by atoms with Gasteiger partial charge in [0.2, 0.25) is 0 Å². The summed E-state index contributed by atoms with van der Waals surface area (Å²) < 4.78 is 0. The lowest BCUT2D eigenvalue weighted by atomic mass is 10.1. The van der Waals surface area contributed by atoms with Crippen LogP contribution in [-0.4, -0.2) is 9.97 Å². The van der Waals surface area contributed by atoms with Crippen molar-refractivity contribution in [3.63, 3.8) is 0 Å². The van der Waals surface area contributed by atoms with Gasteiger partial charge in [-0.05, 0) is 25.1 Å². The smallest absolute Gasteiger partial charge is 0.101 e. The maximum absolute atomic E-state index is 9.00. The summed E-state index contributed by atoms with van der Waals surface area (Å²) in [6.45, 7) is 2.41. The van der Waals surface area contributed by atoms with Crippen LogP contribution in [0.5, 0.6) is 0 Å². The van der Waals surface area contributed by atoms with Crippen LogP contribution in [0, 0.1) is 18.3 Å². The lowest BCUT2D eigenvalue weighted by Crippen LogP contribution is -2.04. The van der Waals surface area contributed by atoms with Crippen molar-refractivity contribution in [3.05, 3.63) is 47.5 Å². The highest BCUT2D eigenvalue weighted by molar-refractivity contribution is 5.62. The molecule has 0 atom stereocenters. The van der Waals surface area contributed by atoms with Crippen LogP contribution in [0.2, 0.25) is 0 Å². The Morgan fingerprint density at radius 1 is 1.33 bits per heavy atom. The Morgan fingerprint density at radius 3 is 2.83 bits per heavy atom. The molecular weight excluding hydrogens is 226 g/mol. The van der Waals surface area contributed by atoms with Crippen LogP contribution in [-0.2, 0) is 6.54 Å². The van der Waals surface area contributed by atoms with Gasteiger partial charge in [-0.1, -0.05) is 0 Å². The Morgan fingerprint density at radius 2 is 2.17 bits per heavy atom. The molecule has 0 bridgehead atoms. The van der Waals surface area contributed by atoms with Gasteiger partial charge in [-0.25, -0.2) is 0 Å². The zero-order valence-corrected chi connectivity index (χ0v) is 10.0. The average Bonchev–Trinajstić information content (AvgIpc) is 2.39. The molecule has 0 aliphatic rings.